The third-order valence-electron chi connectivity index (χ3n) is 1.08. The van der Waals surface area contributed by atoms with Crippen molar-refractivity contribution in [3.05, 3.63) is 4.91 Å². The lowest BCUT2D eigenvalue weighted by Gasteiger charge is -2.14. The second kappa shape index (κ2) is 5.51. The lowest BCUT2D eigenvalue weighted by molar-refractivity contribution is 0.0771. The second-order valence-corrected chi connectivity index (χ2v) is 2.64. The van der Waals surface area contributed by atoms with E-state index in [0.717, 1.165) is 5.01 Å². The summed E-state index contributed by atoms with van der Waals surface area (Å²) in [5.41, 5.74) is 0. The Balaban J connectivity index is 3.93. The minimum Gasteiger partial charge on any atom is -0.445 e. The molecule has 0 aliphatic carbocycles. The molecule has 0 N–H and O–H groups in total. The van der Waals surface area contributed by atoms with Gasteiger partial charge >= 0.3 is 6.09 Å². The van der Waals surface area contributed by atoms with Crippen molar-refractivity contribution in [2.75, 3.05) is 6.54 Å². The van der Waals surface area contributed by atoms with Crippen LogP contribution in [0.5, 0.6) is 0 Å². The van der Waals surface area contributed by atoms with Crippen LogP contribution in [0.4, 0.5) is 4.79 Å². The molecule has 70 valence electrons. The molecule has 0 fully saturated rings. The van der Waals surface area contributed by atoms with Crippen molar-refractivity contribution >= 4 is 6.09 Å². The summed E-state index contributed by atoms with van der Waals surface area (Å²) in [6.45, 7) is 5.58. The molecular weight excluding hydrogens is 160 g/mol. The Morgan fingerprint density at radius 2 is 2.17 bits per heavy atom. The first-order valence-corrected chi connectivity index (χ1v) is 3.93. The minimum absolute atomic E-state index is 0.224. The molecular formula is C7H14N2O3. The number of ether oxygens (including phenoxy) is 1. The summed E-state index contributed by atoms with van der Waals surface area (Å²) in [5, 5.41) is 3.32. The zero-order valence-corrected chi connectivity index (χ0v) is 7.61. The van der Waals surface area contributed by atoms with Crippen LogP contribution >= 0.6 is 0 Å². The van der Waals surface area contributed by atoms with E-state index in [1.165, 1.54) is 0 Å². The molecule has 0 aromatic carbocycles. The van der Waals surface area contributed by atoms with Gasteiger partial charge in [0.1, 0.15) is 0 Å². The van der Waals surface area contributed by atoms with E-state index < -0.39 is 6.09 Å². The van der Waals surface area contributed by atoms with Crippen LogP contribution in [-0.4, -0.2) is 23.8 Å². The number of hydrogen-bond donors (Lipinski definition) is 0. The topological polar surface area (TPSA) is 59.0 Å². The SMILES string of the molecule is CCCN(N=O)C(=O)OC(C)C. The van der Waals surface area contributed by atoms with Crippen molar-refractivity contribution in [1.29, 1.82) is 0 Å². The van der Waals surface area contributed by atoms with Crippen molar-refractivity contribution in [1.82, 2.24) is 5.01 Å². The van der Waals surface area contributed by atoms with E-state index in [4.69, 9.17) is 4.74 Å². The van der Waals surface area contributed by atoms with Gasteiger partial charge in [-0.1, -0.05) is 6.92 Å². The Morgan fingerprint density at radius 3 is 2.50 bits per heavy atom. The summed E-state index contributed by atoms with van der Waals surface area (Å²) in [6.07, 6.45) is -0.223. The molecule has 0 radical (unpaired) electrons. The van der Waals surface area contributed by atoms with E-state index in [0.29, 0.717) is 13.0 Å². The highest BCUT2D eigenvalue weighted by Gasteiger charge is 2.15. The van der Waals surface area contributed by atoms with Gasteiger partial charge in [0.25, 0.3) is 0 Å². The molecule has 0 heterocycles. The molecule has 0 aliphatic heterocycles. The summed E-state index contributed by atoms with van der Waals surface area (Å²) in [5.74, 6) is 0. The highest BCUT2D eigenvalue weighted by Crippen LogP contribution is 1.99. The minimum atomic E-state index is -0.679. The maximum Gasteiger partial charge on any atom is 0.433 e. The third-order valence-corrected chi connectivity index (χ3v) is 1.08. The summed E-state index contributed by atoms with van der Waals surface area (Å²) >= 11 is 0. The quantitative estimate of drug-likeness (QED) is 0.483. The molecule has 0 aliphatic rings. The zero-order chi connectivity index (χ0) is 9.56. The number of nitroso groups, excluding NO2 is 1. The van der Waals surface area contributed by atoms with Gasteiger partial charge in [-0.15, -0.1) is 4.91 Å². The maximum atomic E-state index is 11.0. The van der Waals surface area contributed by atoms with Gasteiger partial charge in [0.15, 0.2) is 0 Å². The van der Waals surface area contributed by atoms with Gasteiger partial charge in [-0.3, -0.25) is 0 Å². The van der Waals surface area contributed by atoms with Gasteiger partial charge in [-0.05, 0) is 20.3 Å². The monoisotopic (exact) mass is 174 g/mol. The lowest BCUT2D eigenvalue weighted by atomic mass is 10.5. The van der Waals surface area contributed by atoms with Crippen LogP contribution in [0.1, 0.15) is 27.2 Å². The molecule has 0 aromatic rings. The normalized spacial score (nSPS) is 9.67. The largest absolute Gasteiger partial charge is 0.445 e. The Labute approximate surface area is 71.6 Å². The molecule has 5 nitrogen and oxygen atoms in total. The molecule has 0 unspecified atom stereocenters. The molecule has 0 saturated carbocycles. The molecule has 0 aromatic heterocycles. The first kappa shape index (κ1) is 10.9. The summed E-state index contributed by atoms with van der Waals surface area (Å²) in [7, 11) is 0. The van der Waals surface area contributed by atoms with Gasteiger partial charge in [-0.25, -0.2) is 4.79 Å². The zero-order valence-electron chi connectivity index (χ0n) is 7.61. The molecule has 1 amide bonds. The van der Waals surface area contributed by atoms with E-state index in [1.54, 1.807) is 13.8 Å². The van der Waals surface area contributed by atoms with Crippen molar-refractivity contribution in [3.63, 3.8) is 0 Å². The molecule has 0 spiro atoms. The van der Waals surface area contributed by atoms with E-state index in [9.17, 15) is 9.70 Å². The van der Waals surface area contributed by atoms with Gasteiger partial charge in [0.2, 0.25) is 0 Å². The van der Waals surface area contributed by atoms with E-state index in [2.05, 4.69) is 5.29 Å². The third kappa shape index (κ3) is 3.90. The molecule has 0 bridgehead atoms. The van der Waals surface area contributed by atoms with Crippen molar-refractivity contribution < 1.29 is 9.53 Å². The highest BCUT2D eigenvalue weighted by molar-refractivity contribution is 5.67. The highest BCUT2D eigenvalue weighted by atomic mass is 16.6. The van der Waals surface area contributed by atoms with E-state index >= 15 is 0 Å². The van der Waals surface area contributed by atoms with E-state index in [-0.39, 0.29) is 6.10 Å². The first-order chi connectivity index (χ1) is 5.61. The number of rotatable bonds is 4. The maximum absolute atomic E-state index is 11.0. The smallest absolute Gasteiger partial charge is 0.433 e. The van der Waals surface area contributed by atoms with Gasteiger partial charge in [-0.2, -0.15) is 5.01 Å². The standard InChI is InChI=1S/C7H14N2O3/c1-4-5-9(8-11)7(10)12-6(2)3/h6H,4-5H2,1-3H3. The van der Waals surface area contributed by atoms with Crippen molar-refractivity contribution in [2.24, 2.45) is 5.29 Å². The van der Waals surface area contributed by atoms with Crippen LogP contribution in [0.25, 0.3) is 0 Å². The first-order valence-electron chi connectivity index (χ1n) is 3.93. The average molecular weight is 174 g/mol. The molecule has 5 heteroatoms. The predicted molar refractivity (Wildman–Crippen MR) is 44.4 cm³/mol. The number of amides is 1. The fourth-order valence-electron chi connectivity index (χ4n) is 0.640. The Kier molecular flexibility index (Phi) is 4.99. The summed E-state index contributed by atoms with van der Waals surface area (Å²) in [6, 6.07) is 0. The van der Waals surface area contributed by atoms with E-state index in [1.807, 2.05) is 6.92 Å². The second-order valence-electron chi connectivity index (χ2n) is 2.64. The van der Waals surface area contributed by atoms with Gasteiger partial charge < -0.3 is 4.74 Å². The van der Waals surface area contributed by atoms with Gasteiger partial charge in [0.05, 0.1) is 17.9 Å². The molecule has 0 atom stereocenters. The van der Waals surface area contributed by atoms with Crippen LogP contribution in [0.3, 0.4) is 0 Å². The number of carbonyl (C=O) groups is 1. The van der Waals surface area contributed by atoms with Crippen LogP contribution in [0.15, 0.2) is 5.29 Å². The molecule has 12 heavy (non-hydrogen) atoms. The number of carbonyl (C=O) groups excluding carboxylic acids is 1. The Bertz CT molecular complexity index is 159. The fourth-order valence-corrected chi connectivity index (χ4v) is 0.640. The van der Waals surface area contributed by atoms with Crippen LogP contribution in [0, 0.1) is 4.91 Å². The number of hydrogen-bond acceptors (Lipinski definition) is 4. The number of nitrogens with zero attached hydrogens (tertiary/aromatic N) is 2. The van der Waals surface area contributed by atoms with Crippen molar-refractivity contribution in [2.45, 2.75) is 33.3 Å². The summed E-state index contributed by atoms with van der Waals surface area (Å²) in [4.78, 5) is 21.1. The van der Waals surface area contributed by atoms with Crippen molar-refractivity contribution in [3.8, 4) is 0 Å². The van der Waals surface area contributed by atoms with Crippen LogP contribution in [-0.2, 0) is 4.74 Å². The van der Waals surface area contributed by atoms with Gasteiger partial charge in [0, 0.05) is 0 Å². The van der Waals surface area contributed by atoms with Crippen LogP contribution in [0.2, 0.25) is 0 Å². The Morgan fingerprint density at radius 1 is 1.58 bits per heavy atom. The molecule has 0 rings (SSSR count). The predicted octanol–water partition coefficient (Wildman–Crippen LogP) is 1.92. The lowest BCUT2D eigenvalue weighted by Crippen LogP contribution is -2.28. The summed E-state index contributed by atoms with van der Waals surface area (Å²) < 4.78 is 4.75. The fraction of sp³-hybridized carbons (Fsp3) is 0.857. The molecule has 0 saturated heterocycles. The Hall–Kier alpha value is -1.13. The average Bonchev–Trinajstić information content (AvgIpc) is 1.98. The van der Waals surface area contributed by atoms with Crippen LogP contribution < -0.4 is 0 Å².